The van der Waals surface area contributed by atoms with Crippen LogP contribution >= 0.6 is 0 Å². The Morgan fingerprint density at radius 3 is 2.59 bits per heavy atom. The molecular formula is C19H17NO2. The Kier molecular flexibility index (Phi) is 4.05. The molecule has 3 aromatic rings. The molecule has 0 unspecified atom stereocenters. The zero-order valence-electron chi connectivity index (χ0n) is 12.4. The van der Waals surface area contributed by atoms with E-state index >= 15 is 0 Å². The SMILES string of the molecule is Cc1ccccc1COc1ccc2ccccc2c1C=NO. The second kappa shape index (κ2) is 6.31. The second-order valence-electron chi connectivity index (χ2n) is 5.16. The number of ether oxygens (including phenoxy) is 1. The first-order valence-electron chi connectivity index (χ1n) is 7.16. The molecule has 3 aromatic carbocycles. The summed E-state index contributed by atoms with van der Waals surface area (Å²) >= 11 is 0. The van der Waals surface area contributed by atoms with Gasteiger partial charge in [-0.1, -0.05) is 59.8 Å². The summed E-state index contributed by atoms with van der Waals surface area (Å²) in [6, 6.07) is 20.0. The highest BCUT2D eigenvalue weighted by molar-refractivity contribution is 6.02. The molecule has 0 spiro atoms. The third-order valence-electron chi connectivity index (χ3n) is 3.76. The van der Waals surface area contributed by atoms with Gasteiger partial charge < -0.3 is 9.94 Å². The maximum atomic E-state index is 8.95. The van der Waals surface area contributed by atoms with Gasteiger partial charge in [-0.15, -0.1) is 0 Å². The Hall–Kier alpha value is -2.81. The predicted molar refractivity (Wildman–Crippen MR) is 88.8 cm³/mol. The van der Waals surface area contributed by atoms with Crippen LogP contribution in [-0.2, 0) is 6.61 Å². The quantitative estimate of drug-likeness (QED) is 0.436. The van der Waals surface area contributed by atoms with Crippen LogP contribution in [0.3, 0.4) is 0 Å². The van der Waals surface area contributed by atoms with Crippen molar-refractivity contribution in [2.24, 2.45) is 5.16 Å². The fraction of sp³-hybridized carbons (Fsp3) is 0.105. The number of aryl methyl sites for hydroxylation is 1. The van der Waals surface area contributed by atoms with E-state index in [0.29, 0.717) is 12.4 Å². The van der Waals surface area contributed by atoms with Gasteiger partial charge in [-0.3, -0.25) is 0 Å². The molecule has 0 aliphatic carbocycles. The summed E-state index contributed by atoms with van der Waals surface area (Å²) in [6.07, 6.45) is 1.43. The lowest BCUT2D eigenvalue weighted by atomic mass is 10.0. The van der Waals surface area contributed by atoms with Crippen LogP contribution in [0.1, 0.15) is 16.7 Å². The van der Waals surface area contributed by atoms with Crippen molar-refractivity contribution in [2.75, 3.05) is 0 Å². The summed E-state index contributed by atoms with van der Waals surface area (Å²) in [5.74, 6) is 0.708. The van der Waals surface area contributed by atoms with Gasteiger partial charge in [0.1, 0.15) is 12.4 Å². The van der Waals surface area contributed by atoms with E-state index in [-0.39, 0.29) is 0 Å². The Morgan fingerprint density at radius 1 is 1.00 bits per heavy atom. The van der Waals surface area contributed by atoms with Crippen LogP contribution in [0.5, 0.6) is 5.75 Å². The molecular weight excluding hydrogens is 274 g/mol. The third-order valence-corrected chi connectivity index (χ3v) is 3.76. The second-order valence-corrected chi connectivity index (χ2v) is 5.16. The van der Waals surface area contributed by atoms with Gasteiger partial charge in [0.2, 0.25) is 0 Å². The van der Waals surface area contributed by atoms with Crippen molar-refractivity contribution in [1.29, 1.82) is 0 Å². The molecule has 0 saturated carbocycles. The van der Waals surface area contributed by atoms with Crippen molar-refractivity contribution in [3.63, 3.8) is 0 Å². The third kappa shape index (κ3) is 2.79. The van der Waals surface area contributed by atoms with E-state index in [9.17, 15) is 0 Å². The topological polar surface area (TPSA) is 41.8 Å². The van der Waals surface area contributed by atoms with Gasteiger partial charge in [0.15, 0.2) is 0 Å². The van der Waals surface area contributed by atoms with Crippen LogP contribution in [0.4, 0.5) is 0 Å². The van der Waals surface area contributed by atoms with E-state index in [0.717, 1.165) is 21.9 Å². The molecule has 0 radical (unpaired) electrons. The lowest BCUT2D eigenvalue weighted by molar-refractivity contribution is 0.304. The Bertz CT molecular complexity index is 825. The molecule has 0 aliphatic heterocycles. The Balaban J connectivity index is 1.96. The van der Waals surface area contributed by atoms with E-state index in [1.807, 2.05) is 48.5 Å². The van der Waals surface area contributed by atoms with Gasteiger partial charge in [-0.2, -0.15) is 0 Å². The lowest BCUT2D eigenvalue weighted by Crippen LogP contribution is -2.00. The van der Waals surface area contributed by atoms with Crippen LogP contribution < -0.4 is 4.74 Å². The summed E-state index contributed by atoms with van der Waals surface area (Å²) in [6.45, 7) is 2.55. The average Bonchev–Trinajstić information content (AvgIpc) is 2.55. The van der Waals surface area contributed by atoms with Crippen molar-refractivity contribution >= 4 is 17.0 Å². The van der Waals surface area contributed by atoms with Gasteiger partial charge >= 0.3 is 0 Å². The van der Waals surface area contributed by atoms with Crippen LogP contribution in [0.25, 0.3) is 10.8 Å². The predicted octanol–water partition coefficient (Wildman–Crippen LogP) is 4.54. The van der Waals surface area contributed by atoms with E-state index in [2.05, 4.69) is 24.2 Å². The number of hydrogen-bond donors (Lipinski definition) is 1. The van der Waals surface area contributed by atoms with Crippen LogP contribution in [0.2, 0.25) is 0 Å². The van der Waals surface area contributed by atoms with Crippen molar-refractivity contribution in [2.45, 2.75) is 13.5 Å². The van der Waals surface area contributed by atoms with Gasteiger partial charge in [0.05, 0.1) is 6.21 Å². The fourth-order valence-electron chi connectivity index (χ4n) is 2.52. The highest BCUT2D eigenvalue weighted by Crippen LogP contribution is 2.27. The van der Waals surface area contributed by atoms with Gasteiger partial charge in [-0.05, 0) is 34.9 Å². The molecule has 0 saturated heterocycles. The van der Waals surface area contributed by atoms with Crippen LogP contribution in [0, 0.1) is 6.92 Å². The van der Waals surface area contributed by atoms with E-state index in [1.165, 1.54) is 11.8 Å². The minimum absolute atomic E-state index is 0.483. The highest BCUT2D eigenvalue weighted by atomic mass is 16.5. The summed E-state index contributed by atoms with van der Waals surface area (Å²) in [5, 5.41) is 14.2. The first kappa shape index (κ1) is 14.1. The molecule has 3 nitrogen and oxygen atoms in total. The highest BCUT2D eigenvalue weighted by Gasteiger charge is 2.08. The first-order valence-corrected chi connectivity index (χ1v) is 7.16. The minimum atomic E-state index is 0.483. The van der Waals surface area contributed by atoms with Crippen molar-refractivity contribution in [1.82, 2.24) is 0 Å². The molecule has 1 N–H and O–H groups in total. The van der Waals surface area contributed by atoms with Gasteiger partial charge in [-0.25, -0.2) is 0 Å². The molecule has 0 bridgehead atoms. The van der Waals surface area contributed by atoms with Crippen LogP contribution in [-0.4, -0.2) is 11.4 Å². The zero-order chi connectivity index (χ0) is 15.4. The summed E-state index contributed by atoms with van der Waals surface area (Å²) in [4.78, 5) is 0. The molecule has 0 fully saturated rings. The smallest absolute Gasteiger partial charge is 0.129 e. The first-order chi connectivity index (χ1) is 10.8. The normalized spacial score (nSPS) is 11.1. The Morgan fingerprint density at radius 2 is 1.77 bits per heavy atom. The molecule has 0 aliphatic rings. The molecule has 0 amide bonds. The average molecular weight is 291 g/mol. The number of rotatable bonds is 4. The number of benzene rings is 3. The maximum absolute atomic E-state index is 8.95. The molecule has 110 valence electrons. The number of hydrogen-bond acceptors (Lipinski definition) is 3. The maximum Gasteiger partial charge on any atom is 0.129 e. The standard InChI is InChI=1S/C19H17NO2/c1-14-6-2-3-8-16(14)13-22-19-11-10-15-7-4-5-9-17(15)18(19)12-20-21/h2-12,21H,13H2,1H3. The van der Waals surface area contributed by atoms with E-state index < -0.39 is 0 Å². The van der Waals surface area contributed by atoms with Gasteiger partial charge in [0, 0.05) is 5.56 Å². The van der Waals surface area contributed by atoms with Gasteiger partial charge in [0.25, 0.3) is 0 Å². The van der Waals surface area contributed by atoms with E-state index in [1.54, 1.807) is 0 Å². The molecule has 0 heterocycles. The zero-order valence-corrected chi connectivity index (χ0v) is 12.4. The summed E-state index contributed by atoms with van der Waals surface area (Å²) in [7, 11) is 0. The lowest BCUT2D eigenvalue weighted by Gasteiger charge is -2.12. The van der Waals surface area contributed by atoms with E-state index in [4.69, 9.17) is 9.94 Å². The fourth-order valence-corrected chi connectivity index (χ4v) is 2.52. The minimum Gasteiger partial charge on any atom is -0.488 e. The monoisotopic (exact) mass is 291 g/mol. The van der Waals surface area contributed by atoms with Crippen molar-refractivity contribution < 1.29 is 9.94 Å². The Labute approximate surface area is 129 Å². The summed E-state index contributed by atoms with van der Waals surface area (Å²) in [5.41, 5.74) is 3.12. The summed E-state index contributed by atoms with van der Waals surface area (Å²) < 4.78 is 5.96. The molecule has 3 rings (SSSR count). The largest absolute Gasteiger partial charge is 0.488 e. The number of fused-ring (bicyclic) bond motifs is 1. The van der Waals surface area contributed by atoms with Crippen molar-refractivity contribution in [3.8, 4) is 5.75 Å². The van der Waals surface area contributed by atoms with Crippen molar-refractivity contribution in [3.05, 3.63) is 77.4 Å². The number of nitrogens with zero attached hydrogens (tertiary/aromatic N) is 1. The molecule has 0 aromatic heterocycles. The molecule has 0 atom stereocenters. The molecule has 3 heteroatoms. The van der Waals surface area contributed by atoms with Crippen LogP contribution in [0.15, 0.2) is 65.8 Å². The molecule has 22 heavy (non-hydrogen) atoms. The number of oxime groups is 1.